The first-order valence-corrected chi connectivity index (χ1v) is 12.2. The van der Waals surface area contributed by atoms with Gasteiger partial charge in [0.1, 0.15) is 5.00 Å². The van der Waals surface area contributed by atoms with Gasteiger partial charge in [0, 0.05) is 9.58 Å². The molecule has 4 nitrogen and oxygen atoms in total. The minimum Gasteiger partial charge on any atom is -0.462 e. The Balaban J connectivity index is 1.73. The van der Waals surface area contributed by atoms with Crippen molar-refractivity contribution in [3.8, 4) is 0 Å². The largest absolute Gasteiger partial charge is 0.462 e. The predicted octanol–water partition coefficient (Wildman–Crippen LogP) is 6.91. The Morgan fingerprint density at radius 3 is 2.41 bits per heavy atom. The highest BCUT2D eigenvalue weighted by Crippen LogP contribution is 2.36. The van der Waals surface area contributed by atoms with E-state index in [9.17, 15) is 9.59 Å². The average molecular weight is 464 g/mol. The summed E-state index contributed by atoms with van der Waals surface area (Å²) < 4.78 is 6.30. The van der Waals surface area contributed by atoms with Crippen molar-refractivity contribution in [3.63, 3.8) is 0 Å². The zero-order chi connectivity index (χ0) is 22.8. The molecule has 32 heavy (non-hydrogen) atoms. The van der Waals surface area contributed by atoms with Crippen LogP contribution in [0.5, 0.6) is 0 Å². The molecular weight excluding hydrogens is 438 g/mol. The maximum atomic E-state index is 13.5. The molecule has 1 amide bonds. The molecule has 1 N–H and O–H groups in total. The van der Waals surface area contributed by atoms with Gasteiger partial charge in [-0.05, 0) is 62.3 Å². The van der Waals surface area contributed by atoms with Crippen molar-refractivity contribution in [2.45, 2.75) is 34.1 Å². The Kier molecular flexibility index (Phi) is 6.44. The predicted molar refractivity (Wildman–Crippen MR) is 134 cm³/mol. The first-order valence-electron chi connectivity index (χ1n) is 10.5. The van der Waals surface area contributed by atoms with Crippen LogP contribution in [-0.4, -0.2) is 18.5 Å². The summed E-state index contributed by atoms with van der Waals surface area (Å²) in [5.74, 6) is -0.596. The number of hydrogen-bond donors (Lipinski definition) is 1. The van der Waals surface area contributed by atoms with Crippen LogP contribution in [0.15, 0.2) is 48.5 Å². The van der Waals surface area contributed by atoms with E-state index in [1.807, 2.05) is 32.0 Å². The van der Waals surface area contributed by atoms with Gasteiger partial charge >= 0.3 is 5.97 Å². The lowest BCUT2D eigenvalue weighted by Gasteiger charge is -2.09. The van der Waals surface area contributed by atoms with Crippen LogP contribution in [0.1, 0.15) is 54.1 Å². The number of fused-ring (bicyclic) bond motifs is 1. The third-order valence-electron chi connectivity index (χ3n) is 5.50. The number of ether oxygens (including phenoxy) is 1. The molecule has 0 unspecified atom stereocenters. The van der Waals surface area contributed by atoms with E-state index in [0.29, 0.717) is 21.9 Å². The first-order chi connectivity index (χ1) is 15.4. The SMILES string of the molecule is CCOC(=O)c1c(NC(=O)c2sc3ccccc3c2Cc2ccc(C)cc2)sc(C)c1C. The molecule has 0 saturated carbocycles. The van der Waals surface area contributed by atoms with Gasteiger partial charge in [-0.1, -0.05) is 48.0 Å². The number of hydrogen-bond acceptors (Lipinski definition) is 5. The van der Waals surface area contributed by atoms with Crippen LogP contribution < -0.4 is 5.32 Å². The third kappa shape index (κ3) is 4.33. The highest BCUT2D eigenvalue weighted by molar-refractivity contribution is 7.21. The van der Waals surface area contributed by atoms with Crippen molar-refractivity contribution in [2.75, 3.05) is 11.9 Å². The number of anilines is 1. The molecule has 0 aliphatic carbocycles. The average Bonchev–Trinajstić information content (AvgIpc) is 3.27. The first kappa shape index (κ1) is 22.2. The van der Waals surface area contributed by atoms with E-state index < -0.39 is 5.97 Å². The fourth-order valence-corrected chi connectivity index (χ4v) is 5.85. The summed E-state index contributed by atoms with van der Waals surface area (Å²) in [4.78, 5) is 27.6. The van der Waals surface area contributed by atoms with Gasteiger partial charge in [0.05, 0.1) is 17.0 Å². The Bertz CT molecular complexity index is 1300. The number of carbonyl (C=O) groups excluding carboxylic acids is 2. The zero-order valence-corrected chi connectivity index (χ0v) is 20.2. The van der Waals surface area contributed by atoms with Crippen molar-refractivity contribution in [2.24, 2.45) is 0 Å². The Morgan fingerprint density at radius 1 is 0.969 bits per heavy atom. The number of thiophene rings is 2. The molecule has 164 valence electrons. The number of nitrogens with one attached hydrogen (secondary N) is 1. The second-order valence-electron chi connectivity index (χ2n) is 7.73. The van der Waals surface area contributed by atoms with Crippen molar-refractivity contribution in [3.05, 3.63) is 86.1 Å². The van der Waals surface area contributed by atoms with E-state index in [1.165, 1.54) is 28.2 Å². The molecule has 2 heterocycles. The summed E-state index contributed by atoms with van der Waals surface area (Å²) in [5, 5.41) is 4.65. The van der Waals surface area contributed by atoms with E-state index in [4.69, 9.17) is 4.74 Å². The van der Waals surface area contributed by atoms with Gasteiger partial charge in [-0.2, -0.15) is 0 Å². The normalized spacial score (nSPS) is 11.0. The number of aryl methyl sites for hydroxylation is 2. The smallest absolute Gasteiger partial charge is 0.341 e. The van der Waals surface area contributed by atoms with Crippen molar-refractivity contribution in [1.82, 2.24) is 0 Å². The molecule has 0 spiro atoms. The van der Waals surface area contributed by atoms with Gasteiger partial charge in [0.25, 0.3) is 5.91 Å². The van der Waals surface area contributed by atoms with Crippen LogP contribution in [0.4, 0.5) is 5.00 Å². The van der Waals surface area contributed by atoms with Crippen LogP contribution in [-0.2, 0) is 11.2 Å². The molecule has 0 atom stereocenters. The van der Waals surface area contributed by atoms with E-state index in [0.717, 1.165) is 31.7 Å². The van der Waals surface area contributed by atoms with Crippen LogP contribution in [0.3, 0.4) is 0 Å². The highest BCUT2D eigenvalue weighted by Gasteiger charge is 2.25. The highest BCUT2D eigenvalue weighted by atomic mass is 32.1. The molecule has 4 rings (SSSR count). The maximum absolute atomic E-state index is 13.5. The summed E-state index contributed by atoms with van der Waals surface area (Å²) in [7, 11) is 0. The van der Waals surface area contributed by atoms with Gasteiger partial charge < -0.3 is 10.1 Å². The van der Waals surface area contributed by atoms with Gasteiger partial charge in [-0.15, -0.1) is 22.7 Å². The number of amides is 1. The topological polar surface area (TPSA) is 55.4 Å². The van der Waals surface area contributed by atoms with Crippen LogP contribution >= 0.6 is 22.7 Å². The molecule has 0 bridgehead atoms. The molecular formula is C26H25NO3S2. The number of carbonyl (C=O) groups is 2. The summed E-state index contributed by atoms with van der Waals surface area (Å²) >= 11 is 2.89. The van der Waals surface area contributed by atoms with E-state index >= 15 is 0 Å². The zero-order valence-electron chi connectivity index (χ0n) is 18.6. The minimum atomic E-state index is -0.402. The number of benzene rings is 2. The molecule has 0 aliphatic rings. The molecule has 2 aromatic carbocycles. The van der Waals surface area contributed by atoms with Crippen LogP contribution in [0.2, 0.25) is 0 Å². The molecule has 6 heteroatoms. The Hall–Kier alpha value is -2.96. The third-order valence-corrected chi connectivity index (χ3v) is 7.83. The maximum Gasteiger partial charge on any atom is 0.341 e. The second kappa shape index (κ2) is 9.27. The second-order valence-corrected chi connectivity index (χ2v) is 10.0. The summed E-state index contributed by atoms with van der Waals surface area (Å²) in [6.07, 6.45) is 0.667. The van der Waals surface area contributed by atoms with Gasteiger partial charge in [0.2, 0.25) is 0 Å². The lowest BCUT2D eigenvalue weighted by Crippen LogP contribution is -2.15. The molecule has 0 saturated heterocycles. The van der Waals surface area contributed by atoms with Crippen molar-refractivity contribution in [1.29, 1.82) is 0 Å². The van der Waals surface area contributed by atoms with Gasteiger partial charge in [0.15, 0.2) is 0 Å². The van der Waals surface area contributed by atoms with E-state index in [1.54, 1.807) is 6.92 Å². The lowest BCUT2D eigenvalue weighted by atomic mass is 10.0. The monoisotopic (exact) mass is 463 g/mol. The van der Waals surface area contributed by atoms with Gasteiger partial charge in [-0.3, -0.25) is 4.79 Å². The molecule has 0 aliphatic heterocycles. The Labute approximate surface area is 195 Å². The van der Waals surface area contributed by atoms with Crippen LogP contribution in [0.25, 0.3) is 10.1 Å². The summed E-state index contributed by atoms with van der Waals surface area (Å²) in [6.45, 7) is 7.96. The summed E-state index contributed by atoms with van der Waals surface area (Å²) in [6, 6.07) is 16.5. The van der Waals surface area contributed by atoms with Gasteiger partial charge in [-0.25, -0.2) is 4.79 Å². The molecule has 0 radical (unpaired) electrons. The quantitative estimate of drug-likeness (QED) is 0.316. The molecule has 2 aromatic heterocycles. The van der Waals surface area contributed by atoms with E-state index in [-0.39, 0.29) is 12.5 Å². The van der Waals surface area contributed by atoms with Crippen LogP contribution in [0, 0.1) is 20.8 Å². The molecule has 0 fully saturated rings. The summed E-state index contributed by atoms with van der Waals surface area (Å²) in [5.41, 5.74) is 4.67. The lowest BCUT2D eigenvalue weighted by molar-refractivity contribution is 0.0527. The number of esters is 1. The van der Waals surface area contributed by atoms with Crippen molar-refractivity contribution < 1.29 is 14.3 Å². The standard InChI is InChI=1S/C26H25NO3S2/c1-5-30-26(29)22-16(3)17(4)31-25(22)27-24(28)23-20(14-18-12-10-15(2)11-13-18)19-8-6-7-9-21(19)32-23/h6-13H,5,14H2,1-4H3,(H,27,28). The fraction of sp³-hybridized carbons (Fsp3) is 0.231. The number of rotatable bonds is 6. The molecule has 4 aromatic rings. The fourth-order valence-electron chi connectivity index (χ4n) is 3.69. The minimum absolute atomic E-state index is 0.194. The van der Waals surface area contributed by atoms with Crippen molar-refractivity contribution >= 4 is 49.6 Å². The Morgan fingerprint density at radius 2 is 1.69 bits per heavy atom. The van der Waals surface area contributed by atoms with E-state index in [2.05, 4.69) is 42.6 Å².